The third-order valence-corrected chi connectivity index (χ3v) is 4.83. The summed E-state index contributed by atoms with van der Waals surface area (Å²) in [6.07, 6.45) is 0. The Kier molecular flexibility index (Phi) is 2.93. The highest BCUT2D eigenvalue weighted by Gasteiger charge is 2.29. The number of fused-ring (bicyclic) bond motifs is 2. The number of H-pyrrole nitrogens is 1. The fourth-order valence-electron chi connectivity index (χ4n) is 2.60. The molecule has 1 aromatic heterocycles. The highest BCUT2D eigenvalue weighted by atomic mass is 32.2. The fourth-order valence-corrected chi connectivity index (χ4v) is 3.82. The molecule has 2 aromatic carbocycles. The molecule has 4 nitrogen and oxygen atoms in total. The predicted octanol–water partition coefficient (Wildman–Crippen LogP) is 3.39. The highest BCUT2D eigenvalue weighted by Crippen LogP contribution is 2.39. The van der Waals surface area contributed by atoms with Crippen molar-refractivity contribution >= 4 is 34.7 Å². The smallest absolute Gasteiger partial charge is 0.235 e. The van der Waals surface area contributed by atoms with Crippen LogP contribution in [0.1, 0.15) is 11.5 Å². The molecule has 2 N–H and O–H groups in total. The lowest BCUT2D eigenvalue weighted by molar-refractivity contribution is -0.117. The molecule has 4 rings (SSSR count). The lowest BCUT2D eigenvalue weighted by atomic mass is 10.0. The Hall–Kier alpha value is -2.27. The van der Waals surface area contributed by atoms with Crippen molar-refractivity contribution in [3.63, 3.8) is 0 Å². The number of nitrogens with zero attached hydrogens (tertiary/aromatic N) is 1. The Bertz CT molecular complexity index is 794. The van der Waals surface area contributed by atoms with Gasteiger partial charge in [-0.2, -0.15) is 0 Å². The van der Waals surface area contributed by atoms with Crippen LogP contribution in [-0.2, 0) is 4.79 Å². The second-order valence-corrected chi connectivity index (χ2v) is 6.06. The standard InChI is InChI=1S/C16H13N3OS/c20-15(11-9-21-14-8-4-1-5-10(11)14)19-16-17-12-6-2-3-7-13(12)18-16/h1-8,11H,9H2,(H2,17,18,19,20). The number of rotatable bonds is 2. The molecule has 2 heterocycles. The summed E-state index contributed by atoms with van der Waals surface area (Å²) < 4.78 is 0. The normalized spacial score (nSPS) is 16.9. The average molecular weight is 295 g/mol. The number of carbonyl (C=O) groups excluding carboxylic acids is 1. The van der Waals surface area contributed by atoms with Crippen LogP contribution in [0.3, 0.4) is 0 Å². The van der Waals surface area contributed by atoms with E-state index in [-0.39, 0.29) is 11.8 Å². The van der Waals surface area contributed by atoms with Gasteiger partial charge in [-0.15, -0.1) is 11.8 Å². The first-order valence-corrected chi connectivity index (χ1v) is 7.77. The summed E-state index contributed by atoms with van der Waals surface area (Å²) in [7, 11) is 0. The fraction of sp³-hybridized carbons (Fsp3) is 0.125. The van der Waals surface area contributed by atoms with E-state index >= 15 is 0 Å². The molecule has 0 spiro atoms. The number of imidazole rings is 1. The van der Waals surface area contributed by atoms with E-state index < -0.39 is 0 Å². The number of aromatic amines is 1. The maximum atomic E-state index is 12.5. The number of hydrogen-bond acceptors (Lipinski definition) is 3. The molecular weight excluding hydrogens is 282 g/mol. The summed E-state index contributed by atoms with van der Waals surface area (Å²) in [5.41, 5.74) is 2.89. The molecule has 21 heavy (non-hydrogen) atoms. The van der Waals surface area contributed by atoms with Crippen LogP contribution in [0.5, 0.6) is 0 Å². The van der Waals surface area contributed by atoms with Crippen LogP contribution in [0.25, 0.3) is 11.0 Å². The highest BCUT2D eigenvalue weighted by molar-refractivity contribution is 7.99. The third kappa shape index (κ3) is 2.19. The molecule has 0 saturated heterocycles. The zero-order valence-electron chi connectivity index (χ0n) is 11.2. The van der Waals surface area contributed by atoms with E-state index in [1.165, 1.54) is 4.90 Å². The van der Waals surface area contributed by atoms with Crippen LogP contribution < -0.4 is 5.32 Å². The van der Waals surface area contributed by atoms with Crippen LogP contribution in [-0.4, -0.2) is 21.6 Å². The predicted molar refractivity (Wildman–Crippen MR) is 84.6 cm³/mol. The Morgan fingerprint density at radius 3 is 2.90 bits per heavy atom. The minimum absolute atomic E-state index is 0.00786. The van der Waals surface area contributed by atoms with Gasteiger partial charge in [-0.1, -0.05) is 30.3 Å². The number of carbonyl (C=O) groups is 1. The topological polar surface area (TPSA) is 57.8 Å². The van der Waals surface area contributed by atoms with Gasteiger partial charge in [0.05, 0.1) is 17.0 Å². The molecular formula is C16H13N3OS. The zero-order chi connectivity index (χ0) is 14.2. The third-order valence-electron chi connectivity index (χ3n) is 3.65. The van der Waals surface area contributed by atoms with Gasteiger partial charge in [0, 0.05) is 10.6 Å². The molecule has 104 valence electrons. The van der Waals surface area contributed by atoms with Crippen LogP contribution >= 0.6 is 11.8 Å². The molecule has 1 aliphatic heterocycles. The zero-order valence-corrected chi connectivity index (χ0v) is 12.0. The summed E-state index contributed by atoms with van der Waals surface area (Å²) in [5, 5.41) is 2.90. The number of para-hydroxylation sites is 2. The molecule has 1 unspecified atom stereocenters. The number of benzene rings is 2. The van der Waals surface area contributed by atoms with Crippen molar-refractivity contribution in [3.05, 3.63) is 54.1 Å². The second kappa shape index (κ2) is 4.93. The van der Waals surface area contributed by atoms with Gasteiger partial charge < -0.3 is 4.98 Å². The first-order valence-electron chi connectivity index (χ1n) is 6.78. The molecule has 1 aliphatic rings. The van der Waals surface area contributed by atoms with E-state index in [1.807, 2.05) is 42.5 Å². The summed E-state index contributed by atoms with van der Waals surface area (Å²) >= 11 is 1.73. The average Bonchev–Trinajstić information content (AvgIpc) is 3.10. The van der Waals surface area contributed by atoms with Gasteiger partial charge in [0.2, 0.25) is 11.9 Å². The number of thioether (sulfide) groups is 1. The van der Waals surface area contributed by atoms with Crippen molar-refractivity contribution in [2.24, 2.45) is 0 Å². The Morgan fingerprint density at radius 2 is 2.00 bits per heavy atom. The quantitative estimate of drug-likeness (QED) is 0.762. The van der Waals surface area contributed by atoms with Crippen molar-refractivity contribution in [3.8, 4) is 0 Å². The molecule has 0 saturated carbocycles. The van der Waals surface area contributed by atoms with E-state index in [2.05, 4.69) is 21.4 Å². The van der Waals surface area contributed by atoms with Crippen molar-refractivity contribution in [1.29, 1.82) is 0 Å². The minimum atomic E-state index is -0.112. The van der Waals surface area contributed by atoms with Crippen molar-refractivity contribution < 1.29 is 4.79 Å². The van der Waals surface area contributed by atoms with E-state index in [4.69, 9.17) is 0 Å². The summed E-state index contributed by atoms with van der Waals surface area (Å²) in [4.78, 5) is 21.2. The van der Waals surface area contributed by atoms with Crippen molar-refractivity contribution in [2.45, 2.75) is 10.8 Å². The molecule has 5 heteroatoms. The van der Waals surface area contributed by atoms with Gasteiger partial charge in [0.25, 0.3) is 0 Å². The summed E-state index contributed by atoms with van der Waals surface area (Å²) in [6, 6.07) is 15.8. The molecule has 0 fully saturated rings. The number of amides is 1. The van der Waals surface area contributed by atoms with Gasteiger partial charge in [-0.25, -0.2) is 4.98 Å². The molecule has 3 aromatic rings. The van der Waals surface area contributed by atoms with Gasteiger partial charge >= 0.3 is 0 Å². The van der Waals surface area contributed by atoms with Gasteiger partial charge in [0.15, 0.2) is 0 Å². The van der Waals surface area contributed by atoms with E-state index in [1.54, 1.807) is 11.8 Å². The minimum Gasteiger partial charge on any atom is -0.324 e. The summed E-state index contributed by atoms with van der Waals surface area (Å²) in [5.74, 6) is 1.17. The molecule has 0 bridgehead atoms. The molecule has 0 radical (unpaired) electrons. The van der Waals surface area contributed by atoms with Gasteiger partial charge in [0.1, 0.15) is 0 Å². The second-order valence-electron chi connectivity index (χ2n) is 4.99. The molecule has 1 amide bonds. The maximum absolute atomic E-state index is 12.5. The van der Waals surface area contributed by atoms with Gasteiger partial charge in [-0.3, -0.25) is 10.1 Å². The van der Waals surface area contributed by atoms with E-state index in [9.17, 15) is 4.79 Å². The lowest BCUT2D eigenvalue weighted by Gasteiger charge is -2.09. The molecule has 1 atom stereocenters. The number of nitrogens with one attached hydrogen (secondary N) is 2. The van der Waals surface area contributed by atoms with E-state index in [0.717, 1.165) is 22.3 Å². The first-order chi connectivity index (χ1) is 10.3. The molecule has 0 aliphatic carbocycles. The van der Waals surface area contributed by atoms with Crippen LogP contribution in [0.2, 0.25) is 0 Å². The summed E-state index contributed by atoms with van der Waals surface area (Å²) in [6.45, 7) is 0. The van der Waals surface area contributed by atoms with Crippen LogP contribution in [0, 0.1) is 0 Å². The van der Waals surface area contributed by atoms with Crippen LogP contribution in [0.15, 0.2) is 53.4 Å². The Labute approximate surface area is 126 Å². The Morgan fingerprint density at radius 1 is 1.19 bits per heavy atom. The maximum Gasteiger partial charge on any atom is 0.235 e. The van der Waals surface area contributed by atoms with Crippen molar-refractivity contribution in [2.75, 3.05) is 11.1 Å². The van der Waals surface area contributed by atoms with E-state index in [0.29, 0.717) is 5.95 Å². The number of hydrogen-bond donors (Lipinski definition) is 2. The monoisotopic (exact) mass is 295 g/mol. The first kappa shape index (κ1) is 12.5. The Balaban J connectivity index is 1.59. The largest absolute Gasteiger partial charge is 0.324 e. The van der Waals surface area contributed by atoms with Crippen LogP contribution in [0.4, 0.5) is 5.95 Å². The van der Waals surface area contributed by atoms with Crippen molar-refractivity contribution in [1.82, 2.24) is 9.97 Å². The number of aromatic nitrogens is 2. The SMILES string of the molecule is O=C(Nc1nc2ccccc2[nH]1)C1CSc2ccccc21. The number of anilines is 1. The lowest BCUT2D eigenvalue weighted by Crippen LogP contribution is -2.21. The van der Waals surface area contributed by atoms with Gasteiger partial charge in [-0.05, 0) is 23.8 Å².